The number of carbonyl (C=O) groups is 3. The van der Waals surface area contributed by atoms with Gasteiger partial charge in [0.2, 0.25) is 5.91 Å². The van der Waals surface area contributed by atoms with Gasteiger partial charge in [0.05, 0.1) is 24.5 Å². The molecule has 2 amide bonds. The molecule has 0 unspecified atom stereocenters. The Kier molecular flexibility index (Phi) is 9.57. The van der Waals surface area contributed by atoms with Crippen LogP contribution in [-0.2, 0) is 21.5 Å². The van der Waals surface area contributed by atoms with Crippen LogP contribution in [0.3, 0.4) is 0 Å². The Bertz CT molecular complexity index is 1490. The Morgan fingerprint density at radius 1 is 0.878 bits per heavy atom. The first kappa shape index (κ1) is 29.5. The van der Waals surface area contributed by atoms with Crippen molar-refractivity contribution in [2.45, 2.75) is 44.8 Å². The van der Waals surface area contributed by atoms with Crippen LogP contribution in [-0.4, -0.2) is 44.9 Å². The number of anilines is 1. The van der Waals surface area contributed by atoms with Crippen LogP contribution in [0.4, 0.5) is 5.69 Å². The number of benzene rings is 3. The van der Waals surface area contributed by atoms with Gasteiger partial charge in [-0.1, -0.05) is 62.9 Å². The molecular formula is C31H33N5O4S. The smallest absolute Gasteiger partial charge is 0.338 e. The number of carbonyl (C=O) groups excluding carboxylic acids is 3. The van der Waals surface area contributed by atoms with E-state index in [-0.39, 0.29) is 29.5 Å². The summed E-state index contributed by atoms with van der Waals surface area (Å²) in [6.45, 7) is 8.57. The van der Waals surface area contributed by atoms with Gasteiger partial charge in [0, 0.05) is 16.9 Å². The fourth-order valence-electron chi connectivity index (χ4n) is 3.96. The van der Waals surface area contributed by atoms with Crippen molar-refractivity contribution >= 4 is 35.2 Å². The zero-order valence-corrected chi connectivity index (χ0v) is 24.3. The molecule has 0 aliphatic rings. The summed E-state index contributed by atoms with van der Waals surface area (Å²) in [7, 11) is 0. The van der Waals surface area contributed by atoms with E-state index in [1.54, 1.807) is 31.2 Å². The van der Waals surface area contributed by atoms with Gasteiger partial charge in [-0.05, 0) is 66.4 Å². The molecule has 3 aromatic carbocycles. The van der Waals surface area contributed by atoms with Crippen LogP contribution in [0.15, 0.2) is 84.0 Å². The quantitative estimate of drug-likeness (QED) is 0.193. The van der Waals surface area contributed by atoms with Crippen molar-refractivity contribution in [3.8, 4) is 5.69 Å². The van der Waals surface area contributed by atoms with E-state index in [2.05, 4.69) is 41.6 Å². The topological polar surface area (TPSA) is 115 Å². The molecule has 41 heavy (non-hydrogen) atoms. The van der Waals surface area contributed by atoms with Gasteiger partial charge in [-0.3, -0.25) is 14.2 Å². The SMILES string of the molecule is CCOC(=O)c1ccc(NC(=O)CSc2nnc(CNC(=O)c3ccc(C(C)(C)C)cc3)n2-c2ccccc2)cc1. The average Bonchev–Trinajstić information content (AvgIpc) is 3.38. The number of thioether (sulfide) groups is 1. The van der Waals surface area contributed by atoms with Gasteiger partial charge in [-0.2, -0.15) is 0 Å². The molecule has 0 aliphatic heterocycles. The minimum atomic E-state index is -0.411. The van der Waals surface area contributed by atoms with Gasteiger partial charge in [-0.25, -0.2) is 4.79 Å². The Morgan fingerprint density at radius 2 is 1.54 bits per heavy atom. The van der Waals surface area contributed by atoms with Crippen molar-refractivity contribution in [1.29, 1.82) is 0 Å². The number of para-hydroxylation sites is 1. The second-order valence-corrected chi connectivity index (χ2v) is 11.2. The maximum Gasteiger partial charge on any atom is 0.338 e. The fourth-order valence-corrected chi connectivity index (χ4v) is 4.73. The lowest BCUT2D eigenvalue weighted by atomic mass is 9.87. The van der Waals surface area contributed by atoms with Crippen LogP contribution < -0.4 is 10.6 Å². The first-order chi connectivity index (χ1) is 19.7. The zero-order chi connectivity index (χ0) is 29.4. The minimum absolute atomic E-state index is 0.000814. The van der Waals surface area contributed by atoms with Crippen LogP contribution >= 0.6 is 11.8 Å². The van der Waals surface area contributed by atoms with Gasteiger partial charge in [0.1, 0.15) is 0 Å². The average molecular weight is 572 g/mol. The number of esters is 1. The third kappa shape index (κ3) is 7.82. The van der Waals surface area contributed by atoms with Crippen LogP contribution in [0.25, 0.3) is 5.69 Å². The van der Waals surface area contributed by atoms with Gasteiger partial charge in [-0.15, -0.1) is 10.2 Å². The van der Waals surface area contributed by atoms with Gasteiger partial charge >= 0.3 is 5.97 Å². The number of rotatable bonds is 10. The lowest BCUT2D eigenvalue weighted by molar-refractivity contribution is -0.113. The number of nitrogens with zero attached hydrogens (tertiary/aromatic N) is 3. The van der Waals surface area contributed by atoms with Crippen LogP contribution in [0.2, 0.25) is 0 Å². The maximum atomic E-state index is 12.9. The van der Waals surface area contributed by atoms with Gasteiger partial charge < -0.3 is 15.4 Å². The van der Waals surface area contributed by atoms with Crippen molar-refractivity contribution in [3.63, 3.8) is 0 Å². The number of amides is 2. The van der Waals surface area contributed by atoms with E-state index in [9.17, 15) is 14.4 Å². The lowest BCUT2D eigenvalue weighted by Crippen LogP contribution is -2.25. The van der Waals surface area contributed by atoms with Crippen molar-refractivity contribution < 1.29 is 19.1 Å². The third-order valence-corrected chi connectivity index (χ3v) is 7.08. The van der Waals surface area contributed by atoms with E-state index in [1.165, 1.54) is 11.8 Å². The summed E-state index contributed by atoms with van der Waals surface area (Å²) in [6.07, 6.45) is 0. The highest BCUT2D eigenvalue weighted by atomic mass is 32.2. The molecule has 1 heterocycles. The molecule has 1 aromatic heterocycles. The second-order valence-electron chi connectivity index (χ2n) is 10.2. The summed E-state index contributed by atoms with van der Waals surface area (Å²) >= 11 is 1.23. The highest BCUT2D eigenvalue weighted by molar-refractivity contribution is 7.99. The van der Waals surface area contributed by atoms with Gasteiger partial charge in [0.25, 0.3) is 5.91 Å². The summed E-state index contributed by atoms with van der Waals surface area (Å²) in [6, 6.07) is 23.6. The maximum absolute atomic E-state index is 12.9. The molecule has 0 radical (unpaired) electrons. The van der Waals surface area contributed by atoms with E-state index in [0.29, 0.717) is 34.4 Å². The Morgan fingerprint density at radius 3 is 2.17 bits per heavy atom. The Hall–Kier alpha value is -4.44. The normalized spacial score (nSPS) is 11.1. The Labute approximate surface area is 243 Å². The molecule has 0 bridgehead atoms. The van der Waals surface area contributed by atoms with Crippen LogP contribution in [0, 0.1) is 0 Å². The van der Waals surface area contributed by atoms with Crippen molar-refractivity contribution in [3.05, 3.63) is 101 Å². The first-order valence-corrected chi connectivity index (χ1v) is 14.2. The molecule has 9 nitrogen and oxygen atoms in total. The summed E-state index contributed by atoms with van der Waals surface area (Å²) < 4.78 is 6.81. The minimum Gasteiger partial charge on any atom is -0.462 e. The summed E-state index contributed by atoms with van der Waals surface area (Å²) in [5, 5.41) is 14.9. The summed E-state index contributed by atoms with van der Waals surface area (Å²) in [4.78, 5) is 37.4. The lowest BCUT2D eigenvalue weighted by Gasteiger charge is -2.19. The molecule has 4 rings (SSSR count). The Balaban J connectivity index is 1.42. The number of nitrogens with one attached hydrogen (secondary N) is 2. The highest BCUT2D eigenvalue weighted by Crippen LogP contribution is 2.24. The molecular weight excluding hydrogens is 538 g/mol. The number of ether oxygens (including phenoxy) is 1. The predicted molar refractivity (Wildman–Crippen MR) is 159 cm³/mol. The van der Waals surface area contributed by atoms with Crippen LogP contribution in [0.5, 0.6) is 0 Å². The fraction of sp³-hybridized carbons (Fsp3) is 0.258. The molecule has 10 heteroatoms. The second kappa shape index (κ2) is 13.3. The van der Waals surface area contributed by atoms with Crippen LogP contribution in [0.1, 0.15) is 59.8 Å². The standard InChI is InChI=1S/C31H33N5O4S/c1-5-40-29(39)22-13-17-24(18-14-22)33-27(37)20-41-30-35-34-26(36(30)25-9-7-6-8-10-25)19-32-28(38)21-11-15-23(16-12-21)31(2,3)4/h6-18H,5,19-20H2,1-4H3,(H,32,38)(H,33,37). The van der Waals surface area contributed by atoms with E-state index in [0.717, 1.165) is 11.3 Å². The highest BCUT2D eigenvalue weighted by Gasteiger charge is 2.18. The number of hydrogen-bond donors (Lipinski definition) is 2. The third-order valence-electron chi connectivity index (χ3n) is 6.15. The molecule has 0 aliphatic carbocycles. The molecule has 0 saturated heterocycles. The molecule has 0 fully saturated rings. The van der Waals surface area contributed by atoms with E-state index in [4.69, 9.17) is 4.74 Å². The largest absolute Gasteiger partial charge is 0.462 e. The molecule has 0 spiro atoms. The number of aromatic nitrogens is 3. The summed E-state index contributed by atoms with van der Waals surface area (Å²) in [5.74, 6) is -0.248. The van der Waals surface area contributed by atoms with E-state index >= 15 is 0 Å². The zero-order valence-electron chi connectivity index (χ0n) is 23.5. The summed E-state index contributed by atoms with van der Waals surface area (Å²) in [5.41, 5.74) is 3.50. The molecule has 2 N–H and O–H groups in total. The monoisotopic (exact) mass is 571 g/mol. The predicted octanol–water partition coefficient (Wildman–Crippen LogP) is 5.40. The van der Waals surface area contributed by atoms with E-state index in [1.807, 2.05) is 59.2 Å². The van der Waals surface area contributed by atoms with E-state index < -0.39 is 5.97 Å². The molecule has 0 saturated carbocycles. The molecule has 4 aromatic rings. The molecule has 212 valence electrons. The molecule has 0 atom stereocenters. The van der Waals surface area contributed by atoms with Crippen molar-refractivity contribution in [1.82, 2.24) is 20.1 Å². The van der Waals surface area contributed by atoms with Crippen molar-refractivity contribution in [2.75, 3.05) is 17.7 Å². The number of hydrogen-bond acceptors (Lipinski definition) is 7. The first-order valence-electron chi connectivity index (χ1n) is 13.2. The van der Waals surface area contributed by atoms with Crippen molar-refractivity contribution in [2.24, 2.45) is 0 Å². The van der Waals surface area contributed by atoms with Gasteiger partial charge in [0.15, 0.2) is 11.0 Å².